The number of ether oxygens (including phenoxy) is 1. The van der Waals surface area contributed by atoms with Crippen molar-refractivity contribution in [2.24, 2.45) is 0 Å². The van der Waals surface area contributed by atoms with Crippen LogP contribution in [0.2, 0.25) is 0 Å². The van der Waals surface area contributed by atoms with Crippen molar-refractivity contribution in [3.8, 4) is 11.8 Å². The van der Waals surface area contributed by atoms with E-state index >= 15 is 0 Å². The van der Waals surface area contributed by atoms with E-state index in [-0.39, 0.29) is 5.91 Å². The summed E-state index contributed by atoms with van der Waals surface area (Å²) in [5.41, 5.74) is -1.89. The fourth-order valence-corrected chi connectivity index (χ4v) is 1.56. The lowest BCUT2D eigenvalue weighted by atomic mass is 10.0. The van der Waals surface area contributed by atoms with Crippen LogP contribution in [0.5, 0.6) is 5.75 Å². The number of nitrogens with zero attached hydrogens (tertiary/aromatic N) is 2. The molecule has 0 aliphatic carbocycles. The van der Waals surface area contributed by atoms with E-state index in [4.69, 9.17) is 10.00 Å². The number of para-hydroxylation sites is 1. The topological polar surface area (TPSA) is 53.3 Å². The van der Waals surface area contributed by atoms with Gasteiger partial charge in [0.1, 0.15) is 11.3 Å². The van der Waals surface area contributed by atoms with Crippen LogP contribution in [0.4, 0.5) is 0 Å². The average molecular weight is 260 g/mol. The van der Waals surface area contributed by atoms with Crippen molar-refractivity contribution in [1.82, 2.24) is 4.90 Å². The van der Waals surface area contributed by atoms with Gasteiger partial charge in [-0.2, -0.15) is 5.26 Å². The second-order valence-electron chi connectivity index (χ2n) is 5.46. The molecule has 4 heteroatoms. The van der Waals surface area contributed by atoms with Crippen molar-refractivity contribution >= 4 is 5.91 Å². The molecule has 0 N–H and O–H groups in total. The summed E-state index contributed by atoms with van der Waals surface area (Å²) in [4.78, 5) is 13.8. The lowest BCUT2D eigenvalue weighted by Gasteiger charge is -2.36. The van der Waals surface area contributed by atoms with Gasteiger partial charge in [0.05, 0.1) is 6.07 Å². The molecule has 1 aromatic rings. The molecule has 102 valence electrons. The highest BCUT2D eigenvalue weighted by Crippen LogP contribution is 2.22. The lowest BCUT2D eigenvalue weighted by Crippen LogP contribution is -2.54. The Bertz CT molecular complexity index is 487. The van der Waals surface area contributed by atoms with Gasteiger partial charge in [-0.1, -0.05) is 18.2 Å². The molecule has 1 aromatic carbocycles. The quantitative estimate of drug-likeness (QED) is 0.836. The van der Waals surface area contributed by atoms with E-state index in [1.807, 2.05) is 18.2 Å². The van der Waals surface area contributed by atoms with Gasteiger partial charge in [-0.05, 0) is 39.8 Å². The fourth-order valence-electron chi connectivity index (χ4n) is 1.56. The Morgan fingerprint density at radius 1 is 1.21 bits per heavy atom. The van der Waals surface area contributed by atoms with E-state index in [0.717, 1.165) is 0 Å². The number of likely N-dealkylation sites (N-methyl/N-ethyl adjacent to an activating group) is 1. The predicted octanol–water partition coefficient (Wildman–Crippen LogP) is 2.60. The second-order valence-corrected chi connectivity index (χ2v) is 5.46. The number of amides is 1. The van der Waals surface area contributed by atoms with Crippen molar-refractivity contribution in [3.05, 3.63) is 30.3 Å². The van der Waals surface area contributed by atoms with E-state index < -0.39 is 11.1 Å². The molecular weight excluding hydrogens is 240 g/mol. The van der Waals surface area contributed by atoms with Crippen LogP contribution < -0.4 is 4.74 Å². The third-order valence-electron chi connectivity index (χ3n) is 3.05. The van der Waals surface area contributed by atoms with Crippen LogP contribution in [0.3, 0.4) is 0 Å². The van der Waals surface area contributed by atoms with Crippen molar-refractivity contribution in [3.63, 3.8) is 0 Å². The molecule has 19 heavy (non-hydrogen) atoms. The first-order chi connectivity index (χ1) is 8.70. The molecular formula is C15H20N2O2. The van der Waals surface area contributed by atoms with Gasteiger partial charge in [0.25, 0.3) is 5.91 Å². The predicted molar refractivity (Wildman–Crippen MR) is 73.6 cm³/mol. The number of benzene rings is 1. The zero-order valence-electron chi connectivity index (χ0n) is 12.1. The minimum atomic E-state index is -1.02. The Morgan fingerprint density at radius 2 is 1.74 bits per heavy atom. The highest BCUT2D eigenvalue weighted by molar-refractivity contribution is 5.85. The van der Waals surface area contributed by atoms with Crippen LogP contribution in [-0.4, -0.2) is 29.0 Å². The van der Waals surface area contributed by atoms with Gasteiger partial charge >= 0.3 is 0 Å². The summed E-state index contributed by atoms with van der Waals surface area (Å²) in [6.07, 6.45) is 0. The summed E-state index contributed by atoms with van der Waals surface area (Å²) in [5.74, 6) is 0.395. The number of rotatable bonds is 4. The average Bonchev–Trinajstić information content (AvgIpc) is 2.37. The van der Waals surface area contributed by atoms with Gasteiger partial charge in [-0.25, -0.2) is 0 Å². The molecule has 0 fully saturated rings. The Labute approximate surface area is 114 Å². The minimum absolute atomic E-state index is 0.233. The molecule has 0 saturated heterocycles. The summed E-state index contributed by atoms with van der Waals surface area (Å²) >= 11 is 0. The van der Waals surface area contributed by atoms with Gasteiger partial charge in [0.2, 0.25) is 0 Å². The Balaban J connectivity index is 2.89. The van der Waals surface area contributed by atoms with E-state index in [2.05, 4.69) is 6.07 Å². The summed E-state index contributed by atoms with van der Waals surface area (Å²) in [6, 6.07) is 11.3. The molecule has 0 bridgehead atoms. The number of carbonyl (C=O) groups is 1. The van der Waals surface area contributed by atoms with Gasteiger partial charge < -0.3 is 9.64 Å². The van der Waals surface area contributed by atoms with E-state index in [1.165, 1.54) is 4.90 Å². The number of nitriles is 1. The van der Waals surface area contributed by atoms with Gasteiger partial charge in [-0.3, -0.25) is 4.79 Å². The fraction of sp³-hybridized carbons (Fsp3) is 0.467. The molecule has 0 heterocycles. The van der Waals surface area contributed by atoms with Crippen molar-refractivity contribution in [2.75, 3.05) is 7.05 Å². The third-order valence-corrected chi connectivity index (χ3v) is 3.05. The molecule has 0 radical (unpaired) electrons. The van der Waals surface area contributed by atoms with E-state index in [1.54, 1.807) is 46.9 Å². The van der Waals surface area contributed by atoms with Crippen molar-refractivity contribution < 1.29 is 9.53 Å². The molecule has 1 rings (SSSR count). The first kappa shape index (κ1) is 15.0. The molecule has 0 aliphatic heterocycles. The molecule has 0 aromatic heterocycles. The molecule has 1 amide bonds. The van der Waals surface area contributed by atoms with E-state index in [9.17, 15) is 4.79 Å². The zero-order chi connectivity index (χ0) is 14.7. The minimum Gasteiger partial charge on any atom is -0.478 e. The first-order valence-electron chi connectivity index (χ1n) is 6.14. The third kappa shape index (κ3) is 3.47. The SMILES string of the molecule is CN(C(=O)C(C)(C)Oc1ccccc1)C(C)(C)C#N. The molecule has 0 unspecified atom stereocenters. The van der Waals surface area contributed by atoms with Crippen LogP contribution >= 0.6 is 0 Å². The summed E-state index contributed by atoms with van der Waals surface area (Å²) in [5, 5.41) is 9.08. The van der Waals surface area contributed by atoms with Gasteiger partial charge in [0, 0.05) is 7.05 Å². The normalized spacial score (nSPS) is 11.6. The molecule has 0 aliphatic rings. The lowest BCUT2D eigenvalue weighted by molar-refractivity contribution is -0.147. The highest BCUT2D eigenvalue weighted by Gasteiger charge is 2.38. The van der Waals surface area contributed by atoms with E-state index in [0.29, 0.717) is 5.75 Å². The van der Waals surface area contributed by atoms with Gasteiger partial charge in [-0.15, -0.1) is 0 Å². The Morgan fingerprint density at radius 3 is 2.21 bits per heavy atom. The smallest absolute Gasteiger partial charge is 0.267 e. The maximum Gasteiger partial charge on any atom is 0.267 e. The van der Waals surface area contributed by atoms with Crippen molar-refractivity contribution in [2.45, 2.75) is 38.8 Å². The summed E-state index contributed by atoms with van der Waals surface area (Å²) in [6.45, 7) is 6.80. The monoisotopic (exact) mass is 260 g/mol. The van der Waals surface area contributed by atoms with Crippen LogP contribution in [0.25, 0.3) is 0 Å². The van der Waals surface area contributed by atoms with Crippen LogP contribution in [0.15, 0.2) is 30.3 Å². The number of hydrogen-bond donors (Lipinski definition) is 0. The molecule has 0 spiro atoms. The summed E-state index contributed by atoms with van der Waals surface area (Å²) < 4.78 is 5.72. The van der Waals surface area contributed by atoms with Crippen molar-refractivity contribution in [1.29, 1.82) is 5.26 Å². The number of hydrogen-bond acceptors (Lipinski definition) is 3. The largest absolute Gasteiger partial charge is 0.478 e. The maximum atomic E-state index is 12.4. The second kappa shape index (κ2) is 5.31. The number of carbonyl (C=O) groups excluding carboxylic acids is 1. The molecule has 0 saturated carbocycles. The zero-order valence-corrected chi connectivity index (χ0v) is 12.1. The standard InChI is InChI=1S/C15H20N2O2/c1-14(2,11-16)17(5)13(18)15(3,4)19-12-9-7-6-8-10-12/h6-10H,1-5H3. The van der Waals surface area contributed by atoms with Gasteiger partial charge in [0.15, 0.2) is 5.60 Å². The molecule has 0 atom stereocenters. The molecule has 4 nitrogen and oxygen atoms in total. The van der Waals surface area contributed by atoms with Crippen LogP contribution in [0, 0.1) is 11.3 Å². The highest BCUT2D eigenvalue weighted by atomic mass is 16.5. The first-order valence-corrected chi connectivity index (χ1v) is 6.14. The van der Waals surface area contributed by atoms with Crippen LogP contribution in [-0.2, 0) is 4.79 Å². The van der Waals surface area contributed by atoms with Crippen LogP contribution in [0.1, 0.15) is 27.7 Å². The summed E-state index contributed by atoms with van der Waals surface area (Å²) in [7, 11) is 1.61. The Kier molecular flexibility index (Phi) is 4.21. The maximum absolute atomic E-state index is 12.4. The Hall–Kier alpha value is -2.02.